The molecule has 118 valence electrons. The molecule has 1 heterocycles. The largest absolute Gasteiger partial charge is 0.395 e. The summed E-state index contributed by atoms with van der Waals surface area (Å²) in [6.07, 6.45) is 6.08. The number of aryl methyl sites for hydroxylation is 1. The Morgan fingerprint density at radius 3 is 2.81 bits per heavy atom. The van der Waals surface area contributed by atoms with Gasteiger partial charge in [-0.15, -0.1) is 11.3 Å². The summed E-state index contributed by atoms with van der Waals surface area (Å²) in [5, 5.41) is 14.3. The Balaban J connectivity index is 1.81. The maximum absolute atomic E-state index is 12.1. The molecule has 4 nitrogen and oxygen atoms in total. The van der Waals surface area contributed by atoms with Crippen molar-refractivity contribution in [1.82, 2.24) is 10.2 Å². The summed E-state index contributed by atoms with van der Waals surface area (Å²) in [5.41, 5.74) is 1.24. The smallest absolute Gasteiger partial charge is 0.234 e. The molecular weight excluding hydrogens is 284 g/mol. The van der Waals surface area contributed by atoms with E-state index in [0.717, 1.165) is 12.8 Å². The fourth-order valence-corrected chi connectivity index (χ4v) is 3.82. The predicted octanol–water partition coefficient (Wildman–Crippen LogP) is 2.30. The highest BCUT2D eigenvalue weighted by molar-refractivity contribution is 7.10. The van der Waals surface area contributed by atoms with Gasteiger partial charge in [-0.25, -0.2) is 0 Å². The normalized spacial score (nSPS) is 16.3. The van der Waals surface area contributed by atoms with Gasteiger partial charge in [-0.2, -0.15) is 0 Å². The van der Waals surface area contributed by atoms with Gasteiger partial charge in [0.25, 0.3) is 0 Å². The van der Waals surface area contributed by atoms with Crippen molar-refractivity contribution in [2.24, 2.45) is 0 Å². The van der Waals surface area contributed by atoms with Crippen molar-refractivity contribution in [2.45, 2.75) is 51.6 Å². The summed E-state index contributed by atoms with van der Waals surface area (Å²) >= 11 is 1.68. The second-order valence-corrected chi connectivity index (χ2v) is 6.79. The first-order chi connectivity index (χ1) is 10.2. The number of carbonyl (C=O) groups excluding carboxylic acids is 1. The number of nitrogens with one attached hydrogen (secondary N) is 1. The summed E-state index contributed by atoms with van der Waals surface area (Å²) < 4.78 is 0. The van der Waals surface area contributed by atoms with E-state index in [9.17, 15) is 9.90 Å². The van der Waals surface area contributed by atoms with E-state index in [4.69, 9.17) is 0 Å². The topological polar surface area (TPSA) is 52.6 Å². The van der Waals surface area contributed by atoms with Gasteiger partial charge in [0.05, 0.1) is 19.7 Å². The Bertz CT molecular complexity index is 441. The molecule has 1 amide bonds. The van der Waals surface area contributed by atoms with E-state index in [2.05, 4.69) is 28.6 Å². The van der Waals surface area contributed by atoms with Crippen LogP contribution in [-0.2, 0) is 11.3 Å². The van der Waals surface area contributed by atoms with Crippen LogP contribution >= 0.6 is 11.3 Å². The summed E-state index contributed by atoms with van der Waals surface area (Å²) in [7, 11) is 0. The lowest BCUT2D eigenvalue weighted by atomic mass is 9.94. The number of amides is 1. The predicted molar refractivity (Wildman–Crippen MR) is 86.4 cm³/mol. The molecule has 1 aliphatic rings. The third-order valence-electron chi connectivity index (χ3n) is 4.24. The van der Waals surface area contributed by atoms with Gasteiger partial charge >= 0.3 is 0 Å². The minimum Gasteiger partial charge on any atom is -0.395 e. The lowest BCUT2D eigenvalue weighted by molar-refractivity contribution is -0.123. The molecular formula is C16H26N2O2S. The van der Waals surface area contributed by atoms with Crippen LogP contribution in [-0.4, -0.2) is 41.7 Å². The summed E-state index contributed by atoms with van der Waals surface area (Å²) in [6.45, 7) is 3.79. The average molecular weight is 310 g/mol. The van der Waals surface area contributed by atoms with Crippen LogP contribution in [0.3, 0.4) is 0 Å². The minimum atomic E-state index is 0.0572. The number of hydrogen-bond acceptors (Lipinski definition) is 4. The van der Waals surface area contributed by atoms with Crippen LogP contribution in [0.5, 0.6) is 0 Å². The van der Waals surface area contributed by atoms with Gasteiger partial charge in [0.1, 0.15) is 0 Å². The van der Waals surface area contributed by atoms with Crippen molar-refractivity contribution in [1.29, 1.82) is 0 Å². The molecule has 1 aromatic heterocycles. The van der Waals surface area contributed by atoms with E-state index in [1.807, 2.05) is 0 Å². The lowest BCUT2D eigenvalue weighted by Crippen LogP contribution is -2.44. The molecule has 2 rings (SSSR count). The molecule has 5 heteroatoms. The Morgan fingerprint density at radius 1 is 1.43 bits per heavy atom. The zero-order valence-corrected chi connectivity index (χ0v) is 13.6. The average Bonchev–Trinajstić information content (AvgIpc) is 2.91. The molecule has 0 atom stereocenters. The minimum absolute atomic E-state index is 0.0572. The van der Waals surface area contributed by atoms with Crippen LogP contribution in [0.2, 0.25) is 0 Å². The van der Waals surface area contributed by atoms with Gasteiger partial charge < -0.3 is 10.4 Å². The summed E-state index contributed by atoms with van der Waals surface area (Å²) in [6, 6.07) is 2.53. The van der Waals surface area contributed by atoms with Crippen molar-refractivity contribution in [2.75, 3.05) is 19.7 Å². The standard InChI is InChI=1S/C16H26N2O2S/c1-13-7-10-21-15(13)11-17-16(20)12-18(8-9-19)14-5-3-2-4-6-14/h7,10,14,19H,2-6,8-9,11-12H2,1H3,(H,17,20). The van der Waals surface area contributed by atoms with Crippen molar-refractivity contribution in [3.63, 3.8) is 0 Å². The van der Waals surface area contributed by atoms with E-state index in [-0.39, 0.29) is 12.5 Å². The third kappa shape index (κ3) is 5.09. The summed E-state index contributed by atoms with van der Waals surface area (Å²) in [5.74, 6) is 0.0572. The highest BCUT2D eigenvalue weighted by Gasteiger charge is 2.22. The van der Waals surface area contributed by atoms with Crippen LogP contribution in [0.4, 0.5) is 0 Å². The zero-order chi connectivity index (χ0) is 15.1. The van der Waals surface area contributed by atoms with Gasteiger partial charge in [-0.3, -0.25) is 9.69 Å². The molecule has 1 aromatic rings. The Kier molecular flexibility index (Phi) is 6.67. The molecule has 0 radical (unpaired) electrons. The molecule has 0 saturated heterocycles. The SMILES string of the molecule is Cc1ccsc1CNC(=O)CN(CCO)C1CCCCC1. The molecule has 1 saturated carbocycles. The summed E-state index contributed by atoms with van der Waals surface area (Å²) in [4.78, 5) is 15.5. The van der Waals surface area contributed by atoms with Crippen molar-refractivity contribution < 1.29 is 9.90 Å². The van der Waals surface area contributed by atoms with Crippen LogP contribution in [0.25, 0.3) is 0 Å². The van der Waals surface area contributed by atoms with Gasteiger partial charge in [-0.1, -0.05) is 19.3 Å². The Hall–Kier alpha value is -0.910. The first-order valence-corrected chi connectivity index (χ1v) is 8.73. The highest BCUT2D eigenvalue weighted by atomic mass is 32.1. The highest BCUT2D eigenvalue weighted by Crippen LogP contribution is 2.22. The quantitative estimate of drug-likeness (QED) is 0.812. The van der Waals surface area contributed by atoms with E-state index in [0.29, 0.717) is 25.7 Å². The van der Waals surface area contributed by atoms with Crippen LogP contribution < -0.4 is 5.32 Å². The number of nitrogens with zero attached hydrogens (tertiary/aromatic N) is 1. The Morgan fingerprint density at radius 2 is 2.19 bits per heavy atom. The van der Waals surface area contributed by atoms with E-state index >= 15 is 0 Å². The zero-order valence-electron chi connectivity index (χ0n) is 12.8. The number of thiophene rings is 1. The molecule has 21 heavy (non-hydrogen) atoms. The fourth-order valence-electron chi connectivity index (χ4n) is 2.97. The van der Waals surface area contributed by atoms with Gasteiger partial charge in [0.15, 0.2) is 0 Å². The van der Waals surface area contributed by atoms with E-state index in [1.54, 1.807) is 11.3 Å². The molecule has 0 unspecified atom stereocenters. The van der Waals surface area contributed by atoms with E-state index in [1.165, 1.54) is 29.7 Å². The number of aliphatic hydroxyl groups excluding tert-OH is 1. The van der Waals surface area contributed by atoms with Gasteiger partial charge in [0, 0.05) is 17.5 Å². The number of aliphatic hydroxyl groups is 1. The third-order valence-corrected chi connectivity index (χ3v) is 5.26. The Labute approximate surface area is 131 Å². The van der Waals surface area contributed by atoms with Crippen molar-refractivity contribution in [3.8, 4) is 0 Å². The number of hydrogen-bond donors (Lipinski definition) is 2. The maximum atomic E-state index is 12.1. The van der Waals surface area contributed by atoms with Crippen LogP contribution in [0, 0.1) is 6.92 Å². The number of carbonyl (C=O) groups is 1. The van der Waals surface area contributed by atoms with Crippen LogP contribution in [0.15, 0.2) is 11.4 Å². The number of rotatable bonds is 7. The van der Waals surface area contributed by atoms with Crippen molar-refractivity contribution >= 4 is 17.2 Å². The molecule has 2 N–H and O–H groups in total. The lowest BCUT2D eigenvalue weighted by Gasteiger charge is -2.33. The first-order valence-electron chi connectivity index (χ1n) is 7.85. The maximum Gasteiger partial charge on any atom is 0.234 e. The molecule has 0 bridgehead atoms. The van der Waals surface area contributed by atoms with Crippen LogP contribution in [0.1, 0.15) is 42.5 Å². The van der Waals surface area contributed by atoms with Gasteiger partial charge in [0.2, 0.25) is 5.91 Å². The monoisotopic (exact) mass is 310 g/mol. The molecule has 1 aliphatic carbocycles. The molecule has 0 spiro atoms. The van der Waals surface area contributed by atoms with Crippen molar-refractivity contribution in [3.05, 3.63) is 21.9 Å². The molecule has 0 aromatic carbocycles. The second kappa shape index (κ2) is 8.51. The molecule has 1 fully saturated rings. The first kappa shape index (κ1) is 16.5. The van der Waals surface area contributed by atoms with E-state index < -0.39 is 0 Å². The van der Waals surface area contributed by atoms with Gasteiger partial charge in [-0.05, 0) is 36.8 Å². The second-order valence-electron chi connectivity index (χ2n) is 5.79. The fraction of sp³-hybridized carbons (Fsp3) is 0.688. The molecule has 0 aliphatic heterocycles.